The number of nitro groups is 1. The van der Waals surface area contributed by atoms with Crippen LogP contribution in [0.2, 0.25) is 0 Å². The van der Waals surface area contributed by atoms with Gasteiger partial charge in [-0.25, -0.2) is 9.59 Å². The Hall–Kier alpha value is -2.89. The predicted molar refractivity (Wildman–Crippen MR) is 78.5 cm³/mol. The Kier molecular flexibility index (Phi) is 5.35. The molecule has 1 fully saturated rings. The topological polar surface area (TPSA) is 111 Å². The highest BCUT2D eigenvalue weighted by Crippen LogP contribution is 2.24. The summed E-state index contributed by atoms with van der Waals surface area (Å²) in [7, 11) is 0. The van der Waals surface area contributed by atoms with Crippen LogP contribution in [-0.4, -0.2) is 46.9 Å². The molecule has 1 saturated heterocycles. The minimum absolute atomic E-state index is 0.103. The summed E-state index contributed by atoms with van der Waals surface area (Å²) in [6, 6.07) is 5.37. The van der Waals surface area contributed by atoms with E-state index in [0.29, 0.717) is 5.56 Å². The molecule has 142 valence electrons. The highest BCUT2D eigenvalue weighted by atomic mass is 19.4. The second-order valence-electron chi connectivity index (χ2n) is 5.86. The first kappa shape index (κ1) is 19.4. The Labute approximate surface area is 144 Å². The van der Waals surface area contributed by atoms with Crippen LogP contribution in [0.3, 0.4) is 0 Å². The second kappa shape index (κ2) is 7.15. The molecule has 0 unspecified atom stereocenters. The lowest BCUT2D eigenvalue weighted by molar-refractivity contribution is -0.384. The van der Waals surface area contributed by atoms with E-state index < -0.39 is 28.7 Å². The molecular formula is C14H14F3N3O6. The number of ether oxygens (including phenoxy) is 1. The molecule has 12 heteroatoms. The van der Waals surface area contributed by atoms with Gasteiger partial charge in [-0.1, -0.05) is 0 Å². The largest absolute Gasteiger partial charge is 0.492 e. The van der Waals surface area contributed by atoms with Crippen LogP contribution in [0, 0.1) is 10.1 Å². The Bertz CT molecular complexity index is 701. The zero-order valence-corrected chi connectivity index (χ0v) is 13.4. The average molecular weight is 377 g/mol. The zero-order chi connectivity index (χ0) is 19.5. The van der Waals surface area contributed by atoms with Crippen LogP contribution in [0.5, 0.6) is 0 Å². The number of benzene rings is 1. The van der Waals surface area contributed by atoms with Crippen molar-refractivity contribution in [3.8, 4) is 0 Å². The molecule has 1 amide bonds. The van der Waals surface area contributed by atoms with Crippen LogP contribution in [0.4, 0.5) is 23.7 Å². The molecule has 1 aliphatic heterocycles. The van der Waals surface area contributed by atoms with E-state index in [0.717, 1.165) is 5.06 Å². The molecule has 9 nitrogen and oxygen atoms in total. The Morgan fingerprint density at radius 2 is 1.88 bits per heavy atom. The maximum atomic E-state index is 12.1. The zero-order valence-electron chi connectivity index (χ0n) is 13.4. The van der Waals surface area contributed by atoms with E-state index in [1.54, 1.807) is 0 Å². The van der Waals surface area contributed by atoms with Crippen molar-refractivity contribution in [2.45, 2.75) is 25.2 Å². The fourth-order valence-electron chi connectivity index (χ4n) is 2.19. The molecule has 0 aliphatic carbocycles. The van der Waals surface area contributed by atoms with Gasteiger partial charge in [-0.2, -0.15) is 13.2 Å². The Morgan fingerprint density at radius 1 is 1.31 bits per heavy atom. The fraction of sp³-hybridized carbons (Fsp3) is 0.429. The molecule has 0 atom stereocenters. The van der Waals surface area contributed by atoms with Gasteiger partial charge >= 0.3 is 18.2 Å². The summed E-state index contributed by atoms with van der Waals surface area (Å²) >= 11 is 0. The molecule has 0 aromatic heterocycles. The van der Waals surface area contributed by atoms with Crippen LogP contribution < -0.4 is 5.32 Å². The predicted octanol–water partition coefficient (Wildman–Crippen LogP) is 1.92. The molecule has 1 heterocycles. The number of alkyl carbamates (subject to hydrolysis) is 1. The van der Waals surface area contributed by atoms with Gasteiger partial charge in [0.15, 0.2) is 0 Å². The van der Waals surface area contributed by atoms with Crippen molar-refractivity contribution < 1.29 is 37.3 Å². The van der Waals surface area contributed by atoms with Gasteiger partial charge < -0.3 is 14.9 Å². The lowest BCUT2D eigenvalue weighted by Gasteiger charge is -2.45. The summed E-state index contributed by atoms with van der Waals surface area (Å²) in [4.78, 5) is 36.5. The molecular weight excluding hydrogens is 363 g/mol. The number of hydrogen-bond donors (Lipinski definition) is 1. The number of carbonyl (C=O) groups is 2. The summed E-state index contributed by atoms with van der Waals surface area (Å²) in [5, 5.41) is 13.8. The number of alkyl halides is 3. The summed E-state index contributed by atoms with van der Waals surface area (Å²) in [6.07, 6.45) is -5.92. The second-order valence-corrected chi connectivity index (χ2v) is 5.86. The SMILES string of the molecule is CC1(NC(=O)OCc2ccc([N+](=O)[O-])cc2)CN(OC(=O)C(F)(F)F)C1. The number of hydrogen-bond acceptors (Lipinski definition) is 7. The molecule has 0 spiro atoms. The molecule has 1 N–H and O–H groups in total. The average Bonchev–Trinajstić information content (AvgIpc) is 2.50. The standard InChI is InChI=1S/C14H14F3N3O6/c1-13(7-19(8-13)26-11(21)14(15,16)17)18-12(22)25-6-9-2-4-10(5-3-9)20(23)24/h2-5H,6-8H2,1H3,(H,18,22). The number of rotatable bonds is 5. The molecule has 0 bridgehead atoms. The minimum Gasteiger partial charge on any atom is -0.445 e. The number of nitrogens with zero attached hydrogens (tertiary/aromatic N) is 2. The van der Waals surface area contributed by atoms with E-state index >= 15 is 0 Å². The quantitative estimate of drug-likeness (QED) is 0.616. The monoisotopic (exact) mass is 377 g/mol. The summed E-state index contributed by atoms with van der Waals surface area (Å²) in [6.45, 7) is 1.12. The van der Waals surface area contributed by atoms with E-state index in [1.807, 2.05) is 0 Å². The molecule has 0 radical (unpaired) electrons. The third-order valence-electron chi connectivity index (χ3n) is 3.42. The lowest BCUT2D eigenvalue weighted by Crippen LogP contribution is -2.68. The highest BCUT2D eigenvalue weighted by Gasteiger charge is 2.48. The number of carbonyl (C=O) groups excluding carboxylic acids is 2. The van der Waals surface area contributed by atoms with E-state index in [-0.39, 0.29) is 25.4 Å². The van der Waals surface area contributed by atoms with Gasteiger partial charge in [-0.15, -0.1) is 5.06 Å². The van der Waals surface area contributed by atoms with Crippen LogP contribution in [0.1, 0.15) is 12.5 Å². The smallest absolute Gasteiger partial charge is 0.445 e. The first-order chi connectivity index (χ1) is 12.0. The Morgan fingerprint density at radius 3 is 2.38 bits per heavy atom. The van der Waals surface area contributed by atoms with Crippen LogP contribution in [-0.2, 0) is 21.0 Å². The number of nitrogens with one attached hydrogen (secondary N) is 1. The van der Waals surface area contributed by atoms with Gasteiger partial charge in [0.05, 0.1) is 23.6 Å². The van der Waals surface area contributed by atoms with E-state index in [1.165, 1.54) is 31.2 Å². The van der Waals surface area contributed by atoms with Gasteiger partial charge in [-0.05, 0) is 24.6 Å². The lowest BCUT2D eigenvalue weighted by atomic mass is 9.95. The van der Waals surface area contributed by atoms with E-state index in [9.17, 15) is 32.9 Å². The highest BCUT2D eigenvalue weighted by molar-refractivity contribution is 5.75. The van der Waals surface area contributed by atoms with Crippen molar-refractivity contribution in [2.24, 2.45) is 0 Å². The number of nitro benzene ring substituents is 1. The Balaban J connectivity index is 1.74. The molecule has 0 saturated carbocycles. The van der Waals surface area contributed by atoms with Crippen molar-refractivity contribution in [3.63, 3.8) is 0 Å². The van der Waals surface area contributed by atoms with Gasteiger partial charge in [-0.3, -0.25) is 10.1 Å². The van der Waals surface area contributed by atoms with Gasteiger partial charge in [0.2, 0.25) is 0 Å². The van der Waals surface area contributed by atoms with E-state index in [4.69, 9.17) is 4.74 Å². The van der Waals surface area contributed by atoms with Crippen molar-refractivity contribution in [2.75, 3.05) is 13.1 Å². The number of amides is 1. The summed E-state index contributed by atoms with van der Waals surface area (Å²) in [5.74, 6) is -2.33. The molecule has 1 aromatic rings. The number of hydroxylamine groups is 2. The maximum absolute atomic E-state index is 12.1. The number of halogens is 3. The third-order valence-corrected chi connectivity index (χ3v) is 3.42. The summed E-state index contributed by atoms with van der Waals surface area (Å²) in [5.41, 5.74) is -0.503. The van der Waals surface area contributed by atoms with Crippen molar-refractivity contribution in [1.29, 1.82) is 0 Å². The summed E-state index contributed by atoms with van der Waals surface area (Å²) < 4.78 is 41.2. The third kappa shape index (κ3) is 5.05. The van der Waals surface area contributed by atoms with Crippen LogP contribution in [0.25, 0.3) is 0 Å². The van der Waals surface area contributed by atoms with Crippen molar-refractivity contribution in [1.82, 2.24) is 10.4 Å². The fourth-order valence-corrected chi connectivity index (χ4v) is 2.19. The first-order valence-electron chi connectivity index (χ1n) is 7.21. The van der Waals surface area contributed by atoms with Gasteiger partial charge in [0.1, 0.15) is 6.61 Å². The van der Waals surface area contributed by atoms with Crippen LogP contribution in [0.15, 0.2) is 24.3 Å². The maximum Gasteiger partial charge on any atom is 0.492 e. The van der Waals surface area contributed by atoms with Gasteiger partial charge in [0.25, 0.3) is 5.69 Å². The van der Waals surface area contributed by atoms with Crippen molar-refractivity contribution in [3.05, 3.63) is 39.9 Å². The van der Waals surface area contributed by atoms with E-state index in [2.05, 4.69) is 10.2 Å². The molecule has 26 heavy (non-hydrogen) atoms. The molecule has 1 aliphatic rings. The normalized spacial score (nSPS) is 16.3. The molecule has 2 rings (SSSR count). The molecule has 1 aromatic carbocycles. The minimum atomic E-state index is -5.09. The number of non-ortho nitro benzene ring substituents is 1. The van der Waals surface area contributed by atoms with Crippen molar-refractivity contribution >= 4 is 17.7 Å². The van der Waals surface area contributed by atoms with Crippen LogP contribution >= 0.6 is 0 Å². The first-order valence-corrected chi connectivity index (χ1v) is 7.21. The van der Waals surface area contributed by atoms with Gasteiger partial charge in [0, 0.05) is 12.1 Å².